The average Bonchev–Trinajstić information content (AvgIpc) is 2.56. The minimum atomic E-state index is -1.83. The quantitative estimate of drug-likeness (QED) is 0.199. The molecule has 1 atom stereocenters. The Morgan fingerprint density at radius 2 is 1.30 bits per heavy atom. The fourth-order valence-electron chi connectivity index (χ4n) is 3.18. The SMILES string of the molecule is CCCCCCCCCCCCCC(CCC(=O)O)O[Si](C)(C)C(C)(C)C. The molecule has 0 bridgehead atoms. The van der Waals surface area contributed by atoms with Gasteiger partial charge in [-0.15, -0.1) is 0 Å². The van der Waals surface area contributed by atoms with Crippen LogP contribution in [0.25, 0.3) is 0 Å². The van der Waals surface area contributed by atoms with E-state index >= 15 is 0 Å². The summed E-state index contributed by atoms with van der Waals surface area (Å²) in [7, 11) is -1.83. The first-order chi connectivity index (χ1) is 12.6. The van der Waals surface area contributed by atoms with Crippen LogP contribution in [0.2, 0.25) is 18.1 Å². The lowest BCUT2D eigenvalue weighted by atomic mass is 10.0. The van der Waals surface area contributed by atoms with Crippen molar-refractivity contribution >= 4 is 14.3 Å². The second-order valence-electron chi connectivity index (χ2n) is 9.76. The summed E-state index contributed by atoms with van der Waals surface area (Å²) in [6.07, 6.45) is 16.7. The van der Waals surface area contributed by atoms with Gasteiger partial charge < -0.3 is 9.53 Å². The van der Waals surface area contributed by atoms with E-state index in [0.29, 0.717) is 6.42 Å². The van der Waals surface area contributed by atoms with Crippen molar-refractivity contribution in [3.8, 4) is 0 Å². The molecular weight excluding hydrogens is 352 g/mol. The largest absolute Gasteiger partial charge is 0.481 e. The molecule has 0 saturated carbocycles. The van der Waals surface area contributed by atoms with E-state index in [4.69, 9.17) is 9.53 Å². The summed E-state index contributed by atoms with van der Waals surface area (Å²) in [5.41, 5.74) is 0. The van der Waals surface area contributed by atoms with Gasteiger partial charge >= 0.3 is 5.97 Å². The van der Waals surface area contributed by atoms with Crippen molar-refractivity contribution in [2.24, 2.45) is 0 Å². The number of carboxylic acid groups (broad SMARTS) is 1. The van der Waals surface area contributed by atoms with Gasteiger partial charge in [-0.05, 0) is 31.0 Å². The number of aliphatic carboxylic acids is 1. The van der Waals surface area contributed by atoms with Crippen LogP contribution in [0.3, 0.4) is 0 Å². The lowest BCUT2D eigenvalue weighted by molar-refractivity contribution is -0.137. The lowest BCUT2D eigenvalue weighted by Gasteiger charge is -2.39. The zero-order valence-corrected chi connectivity index (χ0v) is 20.2. The van der Waals surface area contributed by atoms with Crippen LogP contribution in [-0.2, 0) is 9.22 Å². The Kier molecular flexibility index (Phi) is 14.4. The number of hydrogen-bond acceptors (Lipinski definition) is 2. The van der Waals surface area contributed by atoms with Crippen LogP contribution in [0.5, 0.6) is 0 Å². The molecule has 0 fully saturated rings. The molecule has 0 radical (unpaired) electrons. The normalized spacial score (nSPS) is 13.7. The van der Waals surface area contributed by atoms with Gasteiger partial charge in [0, 0.05) is 12.5 Å². The first-order valence-corrected chi connectivity index (χ1v) is 14.4. The number of carboxylic acids is 1. The Morgan fingerprint density at radius 1 is 0.852 bits per heavy atom. The van der Waals surface area contributed by atoms with Crippen LogP contribution in [0, 0.1) is 0 Å². The van der Waals surface area contributed by atoms with Crippen LogP contribution < -0.4 is 0 Å². The Hall–Kier alpha value is -0.353. The topological polar surface area (TPSA) is 46.5 Å². The molecule has 0 rings (SSSR count). The molecule has 0 amide bonds. The highest BCUT2D eigenvalue weighted by Gasteiger charge is 2.39. The number of rotatable bonds is 17. The number of carbonyl (C=O) groups is 1. The summed E-state index contributed by atoms with van der Waals surface area (Å²) in [4.78, 5) is 11.0. The van der Waals surface area contributed by atoms with Crippen molar-refractivity contribution in [1.29, 1.82) is 0 Å². The van der Waals surface area contributed by atoms with Crippen LogP contribution >= 0.6 is 0 Å². The highest BCUT2D eigenvalue weighted by atomic mass is 28.4. The summed E-state index contributed by atoms with van der Waals surface area (Å²) in [5, 5.41) is 9.21. The van der Waals surface area contributed by atoms with E-state index in [1.807, 2.05) is 0 Å². The molecule has 0 spiro atoms. The van der Waals surface area contributed by atoms with Gasteiger partial charge in [-0.2, -0.15) is 0 Å². The third kappa shape index (κ3) is 14.3. The van der Waals surface area contributed by atoms with Gasteiger partial charge in [0.15, 0.2) is 8.32 Å². The van der Waals surface area contributed by atoms with Crippen molar-refractivity contribution in [3.63, 3.8) is 0 Å². The van der Waals surface area contributed by atoms with E-state index in [9.17, 15) is 4.79 Å². The third-order valence-electron chi connectivity index (χ3n) is 6.08. The van der Waals surface area contributed by atoms with E-state index in [1.165, 1.54) is 64.2 Å². The van der Waals surface area contributed by atoms with Gasteiger partial charge in [-0.25, -0.2) is 0 Å². The molecule has 0 heterocycles. The fourth-order valence-corrected chi connectivity index (χ4v) is 4.60. The molecule has 0 aliphatic rings. The maximum absolute atomic E-state index is 11.0. The zero-order valence-electron chi connectivity index (χ0n) is 19.2. The van der Waals surface area contributed by atoms with Gasteiger partial charge in [-0.3, -0.25) is 4.79 Å². The van der Waals surface area contributed by atoms with Crippen LogP contribution in [0.15, 0.2) is 0 Å². The zero-order chi connectivity index (χ0) is 20.8. The van der Waals surface area contributed by atoms with Gasteiger partial charge in [0.2, 0.25) is 0 Å². The monoisotopic (exact) mass is 400 g/mol. The van der Waals surface area contributed by atoms with Crippen LogP contribution in [0.4, 0.5) is 0 Å². The third-order valence-corrected chi connectivity index (χ3v) is 10.6. The molecule has 0 aliphatic carbocycles. The summed E-state index contributed by atoms with van der Waals surface area (Å²) >= 11 is 0. The Labute approximate surface area is 170 Å². The molecule has 4 heteroatoms. The van der Waals surface area contributed by atoms with Crippen molar-refractivity contribution in [1.82, 2.24) is 0 Å². The highest BCUT2D eigenvalue weighted by molar-refractivity contribution is 6.74. The Morgan fingerprint density at radius 3 is 1.70 bits per heavy atom. The second-order valence-corrected chi connectivity index (χ2v) is 14.5. The highest BCUT2D eigenvalue weighted by Crippen LogP contribution is 2.38. The average molecular weight is 401 g/mol. The molecule has 0 aliphatic heterocycles. The van der Waals surface area contributed by atoms with Crippen LogP contribution in [0.1, 0.15) is 118 Å². The fraction of sp³-hybridized carbons (Fsp3) is 0.957. The standard InChI is InChI=1S/C23H48O3Si/c1-7-8-9-10-11-12-13-14-15-16-17-18-21(19-20-22(24)25)26-27(5,6)23(2,3)4/h21H,7-20H2,1-6H3,(H,24,25). The summed E-state index contributed by atoms with van der Waals surface area (Å²) in [6.45, 7) is 13.5. The predicted octanol–water partition coefficient (Wildman–Crippen LogP) is 7.94. The second kappa shape index (κ2) is 14.6. The van der Waals surface area contributed by atoms with Crippen LogP contribution in [-0.4, -0.2) is 25.5 Å². The Bertz CT molecular complexity index is 374. The summed E-state index contributed by atoms with van der Waals surface area (Å²) in [6, 6.07) is 0. The van der Waals surface area contributed by atoms with E-state index < -0.39 is 14.3 Å². The molecule has 0 aromatic carbocycles. The molecule has 1 unspecified atom stereocenters. The molecule has 3 nitrogen and oxygen atoms in total. The molecular formula is C23H48O3Si. The number of unbranched alkanes of at least 4 members (excludes halogenated alkanes) is 10. The molecule has 27 heavy (non-hydrogen) atoms. The minimum absolute atomic E-state index is 0.112. The van der Waals surface area contributed by atoms with Crippen molar-refractivity contribution in [3.05, 3.63) is 0 Å². The number of hydrogen-bond donors (Lipinski definition) is 1. The van der Waals surface area contributed by atoms with Crippen molar-refractivity contribution in [2.75, 3.05) is 0 Å². The molecule has 1 N–H and O–H groups in total. The maximum Gasteiger partial charge on any atom is 0.303 e. The first-order valence-electron chi connectivity index (χ1n) is 11.5. The van der Waals surface area contributed by atoms with E-state index in [0.717, 1.165) is 12.8 Å². The molecule has 0 saturated heterocycles. The smallest absolute Gasteiger partial charge is 0.303 e. The van der Waals surface area contributed by atoms with Crippen molar-refractivity contribution < 1.29 is 14.3 Å². The predicted molar refractivity (Wildman–Crippen MR) is 120 cm³/mol. The Balaban J connectivity index is 4.00. The minimum Gasteiger partial charge on any atom is -0.481 e. The van der Waals surface area contributed by atoms with E-state index in [1.54, 1.807) is 0 Å². The molecule has 0 aromatic heterocycles. The van der Waals surface area contributed by atoms with Gasteiger partial charge in [0.25, 0.3) is 0 Å². The molecule has 0 aromatic rings. The van der Waals surface area contributed by atoms with Gasteiger partial charge in [-0.1, -0.05) is 98.3 Å². The first kappa shape index (κ1) is 26.6. The van der Waals surface area contributed by atoms with E-state index in [2.05, 4.69) is 40.8 Å². The van der Waals surface area contributed by atoms with E-state index in [-0.39, 0.29) is 17.6 Å². The van der Waals surface area contributed by atoms with Crippen molar-refractivity contribution in [2.45, 2.75) is 142 Å². The maximum atomic E-state index is 11.0. The van der Waals surface area contributed by atoms with Gasteiger partial charge in [0.05, 0.1) is 0 Å². The lowest BCUT2D eigenvalue weighted by Crippen LogP contribution is -2.44. The molecule has 162 valence electrons. The summed E-state index contributed by atoms with van der Waals surface area (Å²) in [5.74, 6) is -0.710. The van der Waals surface area contributed by atoms with Gasteiger partial charge in [0.1, 0.15) is 0 Å². The summed E-state index contributed by atoms with van der Waals surface area (Å²) < 4.78 is 6.52.